The highest BCUT2D eigenvalue weighted by molar-refractivity contribution is 6.00. The molecule has 10 nitrogen and oxygen atoms in total. The van der Waals surface area contributed by atoms with Gasteiger partial charge < -0.3 is 24.8 Å². The van der Waals surface area contributed by atoms with E-state index in [1.807, 2.05) is 58.5 Å². The van der Waals surface area contributed by atoms with E-state index < -0.39 is 0 Å². The Morgan fingerprint density at radius 1 is 0.837 bits per heavy atom. The van der Waals surface area contributed by atoms with Crippen LogP contribution in [0, 0.1) is 5.82 Å². The van der Waals surface area contributed by atoms with E-state index >= 15 is 0 Å². The minimum absolute atomic E-state index is 0.302. The zero-order chi connectivity index (χ0) is 29.9. The molecule has 0 atom stereocenters. The number of aromatic nitrogens is 6. The first-order chi connectivity index (χ1) is 20.8. The van der Waals surface area contributed by atoms with Crippen LogP contribution in [0.5, 0.6) is 5.75 Å². The van der Waals surface area contributed by atoms with Gasteiger partial charge in [0.15, 0.2) is 5.65 Å². The smallest absolute Gasteiger partial charge is 0.155 e. The molecule has 0 saturated carbocycles. The third kappa shape index (κ3) is 6.32. The second-order valence-corrected chi connectivity index (χ2v) is 11.0. The number of nitrogens with zero attached hydrogens (tertiary/aromatic N) is 6. The van der Waals surface area contributed by atoms with Gasteiger partial charge in [0, 0.05) is 65.8 Å². The summed E-state index contributed by atoms with van der Waals surface area (Å²) < 4.78 is 20.6. The van der Waals surface area contributed by atoms with E-state index in [4.69, 9.17) is 4.74 Å². The number of hydrogen-bond donors (Lipinski definition) is 3. The number of likely N-dealkylation sites (N-methyl/N-ethyl adjacent to an activating group) is 2. The minimum atomic E-state index is -0.302. The van der Waals surface area contributed by atoms with Crippen LogP contribution in [0.25, 0.3) is 55.7 Å². The van der Waals surface area contributed by atoms with E-state index in [0.717, 1.165) is 57.5 Å². The quantitative estimate of drug-likeness (QED) is 0.190. The molecule has 220 valence electrons. The molecule has 11 heteroatoms. The van der Waals surface area contributed by atoms with Crippen molar-refractivity contribution in [1.29, 1.82) is 0 Å². The summed E-state index contributed by atoms with van der Waals surface area (Å²) in [5.41, 5.74) is 7.00. The number of aromatic amines is 2. The standard InChI is InChI=1S/C32H34FN9O/c1-41(2)8-7-35-24-12-20(11-23(33)15-24)26-5-6-36-31-27(26)16-29(38-31)30-28-14-22(18-37-32(28)40-39-30)21-13-25(19-34-17-21)43-10-9-42(3)4/h5-6,11-19,35H,7-10H2,1-4H3,(H,36,38)(H,37,39,40). The van der Waals surface area contributed by atoms with Crippen molar-refractivity contribution in [3.8, 4) is 39.4 Å². The fourth-order valence-corrected chi connectivity index (χ4v) is 4.95. The Balaban J connectivity index is 1.33. The molecule has 0 aliphatic heterocycles. The molecule has 1 aromatic carbocycles. The molecule has 0 unspecified atom stereocenters. The molecule has 5 heterocycles. The number of rotatable bonds is 11. The van der Waals surface area contributed by atoms with Gasteiger partial charge in [0.05, 0.1) is 11.9 Å². The maximum absolute atomic E-state index is 14.7. The molecule has 43 heavy (non-hydrogen) atoms. The first-order valence-electron chi connectivity index (χ1n) is 14.1. The van der Waals surface area contributed by atoms with Crippen molar-refractivity contribution in [3.05, 3.63) is 73.1 Å². The normalized spacial score (nSPS) is 11.7. The molecule has 0 amide bonds. The number of fused-ring (bicyclic) bond motifs is 2. The van der Waals surface area contributed by atoms with E-state index in [0.29, 0.717) is 35.9 Å². The van der Waals surface area contributed by atoms with Crippen LogP contribution in [0.1, 0.15) is 0 Å². The first kappa shape index (κ1) is 28.3. The van der Waals surface area contributed by atoms with E-state index in [1.165, 1.54) is 6.07 Å². The maximum atomic E-state index is 14.7. The van der Waals surface area contributed by atoms with Crippen molar-refractivity contribution < 1.29 is 9.13 Å². The van der Waals surface area contributed by atoms with Gasteiger partial charge in [-0.3, -0.25) is 10.1 Å². The Kier molecular flexibility index (Phi) is 7.99. The summed E-state index contributed by atoms with van der Waals surface area (Å²) >= 11 is 0. The molecule has 3 N–H and O–H groups in total. The van der Waals surface area contributed by atoms with Gasteiger partial charge in [-0.15, -0.1) is 0 Å². The molecule has 6 rings (SSSR count). The Morgan fingerprint density at radius 3 is 2.51 bits per heavy atom. The van der Waals surface area contributed by atoms with E-state index in [2.05, 4.69) is 45.2 Å². The van der Waals surface area contributed by atoms with Crippen LogP contribution in [0.4, 0.5) is 10.1 Å². The monoisotopic (exact) mass is 579 g/mol. The summed E-state index contributed by atoms with van der Waals surface area (Å²) in [5.74, 6) is 0.402. The van der Waals surface area contributed by atoms with Crippen molar-refractivity contribution in [2.24, 2.45) is 0 Å². The summed E-state index contributed by atoms with van der Waals surface area (Å²) in [4.78, 5) is 21.1. The molecule has 6 aromatic rings. The highest BCUT2D eigenvalue weighted by atomic mass is 19.1. The van der Waals surface area contributed by atoms with Gasteiger partial charge in [-0.1, -0.05) is 0 Å². The summed E-state index contributed by atoms with van der Waals surface area (Å²) in [6.45, 7) is 2.93. The van der Waals surface area contributed by atoms with Crippen LogP contribution >= 0.6 is 0 Å². The second kappa shape index (κ2) is 12.2. The fourth-order valence-electron chi connectivity index (χ4n) is 4.95. The average molecular weight is 580 g/mol. The van der Waals surface area contributed by atoms with Crippen LogP contribution in [-0.2, 0) is 0 Å². The lowest BCUT2D eigenvalue weighted by Gasteiger charge is -2.13. The highest BCUT2D eigenvalue weighted by Crippen LogP contribution is 2.35. The summed E-state index contributed by atoms with van der Waals surface area (Å²) in [7, 11) is 8.03. The summed E-state index contributed by atoms with van der Waals surface area (Å²) in [6, 6.07) is 12.9. The summed E-state index contributed by atoms with van der Waals surface area (Å²) in [5, 5.41) is 12.7. The molecule has 0 fully saturated rings. The van der Waals surface area contributed by atoms with Crippen LogP contribution < -0.4 is 10.1 Å². The zero-order valence-electron chi connectivity index (χ0n) is 24.6. The Bertz CT molecular complexity index is 1880. The van der Waals surface area contributed by atoms with Crippen LogP contribution in [0.2, 0.25) is 0 Å². The molecule has 0 spiro atoms. The van der Waals surface area contributed by atoms with Gasteiger partial charge in [0.1, 0.15) is 29.5 Å². The first-order valence-corrected chi connectivity index (χ1v) is 14.1. The number of nitrogens with one attached hydrogen (secondary N) is 3. The Hall–Kier alpha value is -4.87. The summed E-state index contributed by atoms with van der Waals surface area (Å²) in [6.07, 6.45) is 7.03. The zero-order valence-corrected chi connectivity index (χ0v) is 24.6. The molecule has 0 bridgehead atoms. The van der Waals surface area contributed by atoms with Crippen molar-refractivity contribution >= 4 is 27.8 Å². The number of benzene rings is 1. The van der Waals surface area contributed by atoms with Gasteiger partial charge in [-0.2, -0.15) is 5.10 Å². The third-order valence-corrected chi connectivity index (χ3v) is 7.15. The Morgan fingerprint density at radius 2 is 1.67 bits per heavy atom. The fraction of sp³-hybridized carbons (Fsp3) is 0.250. The van der Waals surface area contributed by atoms with Gasteiger partial charge in [-0.25, -0.2) is 14.4 Å². The predicted molar refractivity (Wildman–Crippen MR) is 169 cm³/mol. The van der Waals surface area contributed by atoms with Crippen molar-refractivity contribution in [1.82, 2.24) is 39.9 Å². The van der Waals surface area contributed by atoms with Crippen molar-refractivity contribution in [2.45, 2.75) is 0 Å². The molecule has 5 aromatic heterocycles. The lowest BCUT2D eigenvalue weighted by atomic mass is 10.0. The number of H-pyrrole nitrogens is 2. The van der Waals surface area contributed by atoms with Crippen LogP contribution in [0.3, 0.4) is 0 Å². The topological polar surface area (TPSA) is 111 Å². The van der Waals surface area contributed by atoms with E-state index in [1.54, 1.807) is 30.9 Å². The third-order valence-electron chi connectivity index (χ3n) is 7.15. The molecular formula is C32H34FN9O. The lowest BCUT2D eigenvalue weighted by Crippen LogP contribution is -2.20. The maximum Gasteiger partial charge on any atom is 0.155 e. The predicted octanol–water partition coefficient (Wildman–Crippen LogP) is 5.28. The number of hydrogen-bond acceptors (Lipinski definition) is 8. The molecule has 0 aliphatic carbocycles. The Labute approximate surface area is 248 Å². The number of pyridine rings is 3. The van der Waals surface area contributed by atoms with Crippen molar-refractivity contribution in [2.75, 3.05) is 59.7 Å². The minimum Gasteiger partial charge on any atom is -0.491 e. The van der Waals surface area contributed by atoms with Gasteiger partial charge in [-0.05, 0) is 81.8 Å². The van der Waals surface area contributed by atoms with Gasteiger partial charge >= 0.3 is 0 Å². The van der Waals surface area contributed by atoms with Crippen LogP contribution in [0.15, 0.2) is 67.3 Å². The van der Waals surface area contributed by atoms with Gasteiger partial charge in [0.25, 0.3) is 0 Å². The number of ether oxygens (including phenoxy) is 1. The average Bonchev–Trinajstić information content (AvgIpc) is 3.60. The van der Waals surface area contributed by atoms with E-state index in [-0.39, 0.29) is 5.82 Å². The highest BCUT2D eigenvalue weighted by Gasteiger charge is 2.16. The van der Waals surface area contributed by atoms with E-state index in [9.17, 15) is 4.39 Å². The number of anilines is 1. The largest absolute Gasteiger partial charge is 0.491 e. The number of halogens is 1. The molecule has 0 aliphatic rings. The van der Waals surface area contributed by atoms with Gasteiger partial charge in [0.2, 0.25) is 0 Å². The molecule has 0 radical (unpaired) electrons. The lowest BCUT2D eigenvalue weighted by molar-refractivity contribution is 0.261. The van der Waals surface area contributed by atoms with Crippen molar-refractivity contribution in [3.63, 3.8) is 0 Å². The molecule has 0 saturated heterocycles. The van der Waals surface area contributed by atoms with Crippen LogP contribution in [-0.4, -0.2) is 94.4 Å². The SMILES string of the molecule is CN(C)CCNc1cc(F)cc(-c2ccnc3[nH]c(-c4n[nH]c5ncc(-c6cncc(OCCN(C)C)c6)cc45)cc23)c1. The second-order valence-electron chi connectivity index (χ2n) is 11.0. The molecular weight excluding hydrogens is 545 g/mol.